The molecule has 0 aliphatic heterocycles. The van der Waals surface area contributed by atoms with Gasteiger partial charge in [-0.25, -0.2) is 0 Å². The summed E-state index contributed by atoms with van der Waals surface area (Å²) in [6, 6.07) is 0. The topological polar surface area (TPSA) is 0 Å². The summed E-state index contributed by atoms with van der Waals surface area (Å²) in [4.78, 5) is 0. The molecule has 0 bridgehead atoms. The van der Waals surface area contributed by atoms with E-state index in [9.17, 15) is 0 Å². The first-order valence-electron chi connectivity index (χ1n) is 7.49. The highest BCUT2D eigenvalue weighted by Gasteiger charge is 2.00. The van der Waals surface area contributed by atoms with Crippen molar-refractivity contribution in [3.63, 3.8) is 0 Å². The lowest BCUT2D eigenvalue weighted by atomic mass is 9.98. The van der Waals surface area contributed by atoms with Gasteiger partial charge in [0.05, 0.1) is 0 Å². The summed E-state index contributed by atoms with van der Waals surface area (Å²) < 4.78 is 0. The van der Waals surface area contributed by atoms with Gasteiger partial charge < -0.3 is 0 Å². The van der Waals surface area contributed by atoms with Crippen molar-refractivity contribution < 1.29 is 0 Å². The monoisotopic (exact) mass is 262 g/mol. The second-order valence-corrected chi connectivity index (χ2v) is 3.36. The van der Waals surface area contributed by atoms with E-state index < -0.39 is 0 Å². The maximum Gasteiger partial charge on any atom is -0.0199 e. The van der Waals surface area contributed by atoms with Gasteiger partial charge in [0.25, 0.3) is 0 Å². The fourth-order valence-corrected chi connectivity index (χ4v) is 1.41. The third kappa shape index (κ3) is 11.5. The summed E-state index contributed by atoms with van der Waals surface area (Å²) >= 11 is 0. The Morgan fingerprint density at radius 3 is 1.84 bits per heavy atom. The largest absolute Gasteiger partial charge is 0.0991 e. The Balaban J connectivity index is -0.000000579. The summed E-state index contributed by atoms with van der Waals surface area (Å²) in [6.45, 7) is 20.1. The van der Waals surface area contributed by atoms with E-state index in [1.807, 2.05) is 39.8 Å². The Hall–Kier alpha value is -1.30. The van der Waals surface area contributed by atoms with E-state index in [4.69, 9.17) is 0 Å². The maximum atomic E-state index is 3.70. The first-order valence-corrected chi connectivity index (χ1v) is 7.49. The van der Waals surface area contributed by atoms with Crippen molar-refractivity contribution >= 4 is 0 Å². The van der Waals surface area contributed by atoms with Crippen molar-refractivity contribution in [2.45, 2.75) is 61.8 Å². The minimum Gasteiger partial charge on any atom is -0.0991 e. The molecule has 0 aromatic heterocycles. The molecule has 0 saturated carbocycles. The smallest absolute Gasteiger partial charge is 0.0199 e. The molecule has 0 nitrogen and oxygen atoms in total. The zero-order chi connectivity index (χ0) is 15.7. The van der Waals surface area contributed by atoms with Crippen molar-refractivity contribution in [1.82, 2.24) is 0 Å². The van der Waals surface area contributed by atoms with Crippen LogP contribution in [0.5, 0.6) is 0 Å². The molecular weight excluding hydrogens is 228 g/mol. The Morgan fingerprint density at radius 1 is 1.00 bits per heavy atom. The van der Waals surface area contributed by atoms with E-state index in [1.165, 1.54) is 16.7 Å². The molecule has 0 saturated heterocycles. The Bertz CT molecular complexity index is 309. The second kappa shape index (κ2) is 19.0. The molecule has 0 atom stereocenters. The van der Waals surface area contributed by atoms with Crippen LogP contribution in [0.15, 0.2) is 59.8 Å². The molecule has 0 spiro atoms. The average Bonchev–Trinajstić information content (AvgIpc) is 2.50. The first kappa shape index (κ1) is 22.8. The minimum absolute atomic E-state index is 1.05. The predicted molar refractivity (Wildman–Crippen MR) is 93.6 cm³/mol. The summed E-state index contributed by atoms with van der Waals surface area (Å²) in [5, 5.41) is 0. The van der Waals surface area contributed by atoms with Crippen LogP contribution in [0.3, 0.4) is 0 Å². The molecule has 0 aromatic rings. The van der Waals surface area contributed by atoms with E-state index >= 15 is 0 Å². The van der Waals surface area contributed by atoms with E-state index in [0.717, 1.165) is 6.42 Å². The normalized spacial score (nSPS) is 12.3. The average molecular weight is 262 g/mol. The summed E-state index contributed by atoms with van der Waals surface area (Å²) in [6.07, 6.45) is 13.4. The molecule has 0 aliphatic rings. The van der Waals surface area contributed by atoms with Crippen molar-refractivity contribution in [2.75, 3.05) is 0 Å². The first-order chi connectivity index (χ1) is 9.21. The van der Waals surface area contributed by atoms with E-state index in [1.54, 1.807) is 0 Å². The van der Waals surface area contributed by atoms with Gasteiger partial charge in [-0.05, 0) is 43.9 Å². The van der Waals surface area contributed by atoms with Gasteiger partial charge in [0.2, 0.25) is 0 Å². The number of rotatable bonds is 5. The van der Waals surface area contributed by atoms with Crippen molar-refractivity contribution in [2.24, 2.45) is 0 Å². The molecule has 0 radical (unpaired) electrons. The molecule has 0 N–H and O–H groups in total. The van der Waals surface area contributed by atoms with Gasteiger partial charge in [0.1, 0.15) is 0 Å². The molecule has 0 heteroatoms. The molecule has 110 valence electrons. The van der Waals surface area contributed by atoms with Crippen LogP contribution in [0.25, 0.3) is 0 Å². The van der Waals surface area contributed by atoms with Crippen LogP contribution >= 0.6 is 0 Å². The zero-order valence-electron chi connectivity index (χ0n) is 14.4. The van der Waals surface area contributed by atoms with Crippen LogP contribution in [0.1, 0.15) is 61.8 Å². The van der Waals surface area contributed by atoms with Gasteiger partial charge in [-0.2, -0.15) is 0 Å². The number of hydrogen-bond acceptors (Lipinski definition) is 0. The van der Waals surface area contributed by atoms with Gasteiger partial charge in [-0.1, -0.05) is 77.7 Å². The Labute approximate surface area is 122 Å². The minimum atomic E-state index is 1.05. The van der Waals surface area contributed by atoms with Crippen LogP contribution in [0.2, 0.25) is 0 Å². The van der Waals surface area contributed by atoms with Gasteiger partial charge in [-0.15, -0.1) is 0 Å². The molecule has 0 heterocycles. The highest BCUT2D eigenvalue weighted by molar-refractivity contribution is 5.46. The third-order valence-corrected chi connectivity index (χ3v) is 2.35. The summed E-state index contributed by atoms with van der Waals surface area (Å²) in [5.74, 6) is 0. The summed E-state index contributed by atoms with van der Waals surface area (Å²) in [7, 11) is 0. The van der Waals surface area contributed by atoms with Gasteiger partial charge in [-0.3, -0.25) is 0 Å². The maximum absolute atomic E-state index is 3.70. The van der Waals surface area contributed by atoms with E-state index in [-0.39, 0.29) is 0 Å². The van der Waals surface area contributed by atoms with Crippen molar-refractivity contribution in [1.29, 1.82) is 0 Å². The molecule has 0 amide bonds. The predicted octanol–water partition coefficient (Wildman–Crippen LogP) is 7.03. The Morgan fingerprint density at radius 2 is 1.53 bits per heavy atom. The Kier molecular flexibility index (Phi) is 22.9. The lowest BCUT2D eigenvalue weighted by Gasteiger charge is -2.08. The number of hydrogen-bond donors (Lipinski definition) is 0. The highest BCUT2D eigenvalue weighted by Crippen LogP contribution is 2.20. The quantitative estimate of drug-likeness (QED) is 0.466. The van der Waals surface area contributed by atoms with Crippen LogP contribution in [-0.4, -0.2) is 0 Å². The lowest BCUT2D eigenvalue weighted by molar-refractivity contribution is 1.12. The fraction of sp³-hybridized carbons (Fsp3) is 0.474. The molecule has 0 rings (SSSR count). The molecule has 19 heavy (non-hydrogen) atoms. The van der Waals surface area contributed by atoms with Gasteiger partial charge in [0, 0.05) is 0 Å². The van der Waals surface area contributed by atoms with E-state index in [2.05, 4.69) is 58.6 Å². The molecule has 0 aromatic carbocycles. The van der Waals surface area contributed by atoms with Gasteiger partial charge in [0.15, 0.2) is 0 Å². The number of allylic oxidation sites excluding steroid dienone is 9. The van der Waals surface area contributed by atoms with Crippen molar-refractivity contribution in [3.05, 3.63) is 59.8 Å². The lowest BCUT2D eigenvalue weighted by Crippen LogP contribution is -1.88. The molecule has 0 unspecified atom stereocenters. The van der Waals surface area contributed by atoms with E-state index in [0.29, 0.717) is 0 Å². The van der Waals surface area contributed by atoms with Crippen LogP contribution < -0.4 is 0 Å². The SMILES string of the molecule is C=C\C=C/C(C(/C)=C\C)=C(/C=C\C)CC.CC.CC. The van der Waals surface area contributed by atoms with Crippen LogP contribution in [0, 0.1) is 0 Å². The standard InChI is InChI=1S/C15H22.2C2H6/c1-6-10-12-15(13(5)8-3)14(9-4)11-7-2;2*1-2/h6-8,10-12H,1,9H2,2-5H3;2*1-2H3/b11-7-,12-10-,13-8-,15-14-;;. The highest BCUT2D eigenvalue weighted by atomic mass is 14.1. The van der Waals surface area contributed by atoms with Crippen LogP contribution in [-0.2, 0) is 0 Å². The van der Waals surface area contributed by atoms with Crippen LogP contribution in [0.4, 0.5) is 0 Å². The second-order valence-electron chi connectivity index (χ2n) is 3.36. The molecular formula is C19H34. The fourth-order valence-electron chi connectivity index (χ4n) is 1.41. The molecule has 0 aliphatic carbocycles. The zero-order valence-corrected chi connectivity index (χ0v) is 14.4. The summed E-state index contributed by atoms with van der Waals surface area (Å²) in [5.41, 5.74) is 3.98. The molecule has 0 fully saturated rings. The third-order valence-electron chi connectivity index (χ3n) is 2.35. The van der Waals surface area contributed by atoms with Crippen molar-refractivity contribution in [3.8, 4) is 0 Å². The van der Waals surface area contributed by atoms with Gasteiger partial charge >= 0.3 is 0 Å².